The lowest BCUT2D eigenvalue weighted by Crippen LogP contribution is -2.63. The first kappa shape index (κ1) is 54.6. The number of phosphoric ester groups is 1. The van der Waals surface area contributed by atoms with Crippen LogP contribution in [0.15, 0.2) is 48.7 Å². The van der Waals surface area contributed by atoms with Gasteiger partial charge in [0.15, 0.2) is 6.10 Å². The Morgan fingerprint density at radius 3 is 1.92 bits per heavy atom. The molecule has 29 heteroatoms. The first-order valence-corrected chi connectivity index (χ1v) is 20.9. The zero-order chi connectivity index (χ0) is 49.6. The molecule has 0 bridgehead atoms. The molecule has 362 valence electrons. The summed E-state index contributed by atoms with van der Waals surface area (Å²) < 4.78 is 171. The number of aromatic nitrogens is 2. The number of benzene rings is 2. The summed E-state index contributed by atoms with van der Waals surface area (Å²) in [6.07, 6.45) is -19.1. The molecule has 0 aliphatic rings. The molecule has 0 aliphatic heterocycles. The van der Waals surface area contributed by atoms with Crippen LogP contribution >= 0.6 is 30.4 Å². The first-order chi connectivity index (χ1) is 29.7. The normalized spacial score (nSPS) is 14.6. The smallest absolute Gasteiger partial charge is 0.453 e. The topological polar surface area (TPSA) is 237 Å². The van der Waals surface area contributed by atoms with E-state index in [1.54, 1.807) is 5.32 Å². The van der Waals surface area contributed by atoms with E-state index in [1.165, 1.54) is 24.3 Å². The number of alkyl halides is 8. The van der Waals surface area contributed by atoms with E-state index in [2.05, 4.69) is 19.9 Å². The fourth-order valence-corrected chi connectivity index (χ4v) is 6.73. The van der Waals surface area contributed by atoms with Gasteiger partial charge in [-0.15, -0.1) is 0 Å². The van der Waals surface area contributed by atoms with Crippen LogP contribution in [0.2, 0.25) is 0 Å². The number of halogens is 11. The summed E-state index contributed by atoms with van der Waals surface area (Å²) in [5.41, 5.74) is -1.26. The van der Waals surface area contributed by atoms with Crippen molar-refractivity contribution in [2.24, 2.45) is 16.6 Å². The van der Waals surface area contributed by atoms with Crippen molar-refractivity contribution in [3.63, 3.8) is 0 Å². The van der Waals surface area contributed by atoms with Gasteiger partial charge in [-0.1, -0.05) is 12.1 Å². The van der Waals surface area contributed by atoms with Gasteiger partial charge < -0.3 is 35.6 Å². The van der Waals surface area contributed by atoms with Crippen molar-refractivity contribution in [1.29, 1.82) is 0 Å². The molecule has 7 N–H and O–H groups in total. The maximum Gasteiger partial charge on any atom is 0.469 e. The van der Waals surface area contributed by atoms with E-state index in [-0.39, 0.29) is 15.9 Å². The summed E-state index contributed by atoms with van der Waals surface area (Å²) >= 11 is 1.88. The maximum absolute atomic E-state index is 15.9. The van der Waals surface area contributed by atoms with Crippen molar-refractivity contribution in [2.45, 2.75) is 83.9 Å². The highest BCUT2D eigenvalue weighted by Crippen LogP contribution is 2.43. The van der Waals surface area contributed by atoms with Gasteiger partial charge in [0.2, 0.25) is 0 Å². The van der Waals surface area contributed by atoms with E-state index in [0.717, 1.165) is 19.4 Å². The fourth-order valence-electron chi connectivity index (χ4n) is 5.81. The highest BCUT2D eigenvalue weighted by atomic mass is 127. The lowest BCUT2D eigenvalue weighted by Gasteiger charge is -2.38. The number of nitrogens with two attached hydrogens (primary N) is 1. The Bertz CT molecular complexity index is 2200. The van der Waals surface area contributed by atoms with E-state index in [1.807, 2.05) is 28.0 Å². The average molecular weight is 1080 g/mol. The summed E-state index contributed by atoms with van der Waals surface area (Å²) in [6, 6.07) is 3.16. The molecule has 0 radical (unpaired) electrons. The fraction of sp³-hybridized carbons (Fsp3) is 0.472. The summed E-state index contributed by atoms with van der Waals surface area (Å²) in [5.74, 6) is -6.67. The third-order valence-electron chi connectivity index (χ3n) is 9.70. The lowest BCUT2D eigenvalue weighted by molar-refractivity contribution is -0.238. The van der Waals surface area contributed by atoms with E-state index in [0.29, 0.717) is 48.4 Å². The molecule has 0 saturated carbocycles. The number of amides is 4. The second kappa shape index (κ2) is 21.2. The summed E-state index contributed by atoms with van der Waals surface area (Å²) in [7, 11) is -5.15. The number of alkyl carbamates (subject to hydrolysis) is 1. The highest BCUT2D eigenvalue weighted by Gasteiger charge is 2.58. The predicted octanol–water partition coefficient (Wildman–Crippen LogP) is 6.23. The van der Waals surface area contributed by atoms with Crippen LogP contribution in [0.4, 0.5) is 53.5 Å². The predicted molar refractivity (Wildman–Crippen MR) is 213 cm³/mol. The summed E-state index contributed by atoms with van der Waals surface area (Å²) in [5, 5.41) is 7.57. The van der Waals surface area contributed by atoms with Crippen LogP contribution in [0, 0.1) is 26.0 Å². The lowest BCUT2D eigenvalue weighted by atomic mass is 9.83. The van der Waals surface area contributed by atoms with Gasteiger partial charge in [-0.25, -0.2) is 32.6 Å². The molecule has 3 rings (SSSR count). The summed E-state index contributed by atoms with van der Waals surface area (Å²) in [6.45, 7) is -4.02. The molecule has 3 aromatic rings. The molecule has 0 unspecified atom stereocenters. The number of carbonyl (C=O) groups excluding carboxylic acids is 4. The van der Waals surface area contributed by atoms with E-state index < -0.39 is 128 Å². The molecular formula is C36H41F10IN7O10P. The van der Waals surface area contributed by atoms with Gasteiger partial charge in [0.1, 0.15) is 29.2 Å². The molecule has 0 aliphatic carbocycles. The van der Waals surface area contributed by atoms with Crippen LogP contribution < -0.4 is 21.8 Å². The maximum atomic E-state index is 15.9. The van der Waals surface area contributed by atoms with Crippen molar-refractivity contribution < 1.29 is 91.4 Å². The number of nitrogens with one attached hydrogen (secondary N) is 3. The van der Waals surface area contributed by atoms with Gasteiger partial charge in [0.05, 0.1) is 24.3 Å². The summed E-state index contributed by atoms with van der Waals surface area (Å²) in [4.78, 5) is 71.8. The standard InChI is InChI=1S/C36H41F10IN7O10P/c1-33(2,35(41,42)43)26(50-32(58)62-5)28(55)52-53(15-20-21(37)13-18(14-22(20)38)23-10-11-54(51-23)30(39)40)16-25(64-65(59,60)61)24(12-17-6-8-19(47)9-7-17)49-29(56)27(63-31(48)57)34(3,4)36(44,45)46/h6-11,13-14,24-27,30H,12,15-16H2,1-5H3,(H2,48,57)(H,49,56)(H,50,58)(H,52,55)(H2,59,60,61)/t24-,25-,26+,27+/m0/s1. The number of rotatable bonds is 19. The van der Waals surface area contributed by atoms with Gasteiger partial charge in [0.25, 0.3) is 11.8 Å². The largest absolute Gasteiger partial charge is 0.469 e. The quantitative estimate of drug-likeness (QED) is 0.0339. The Kier molecular flexibility index (Phi) is 17.8. The van der Waals surface area contributed by atoms with Gasteiger partial charge in [-0.3, -0.25) is 19.5 Å². The van der Waals surface area contributed by atoms with Crippen molar-refractivity contribution in [2.75, 3.05) is 13.7 Å². The van der Waals surface area contributed by atoms with Crippen molar-refractivity contribution in [3.05, 3.63) is 75.0 Å². The molecule has 4 atom stereocenters. The highest BCUT2D eigenvalue weighted by molar-refractivity contribution is 14.1. The van der Waals surface area contributed by atoms with E-state index >= 15 is 8.78 Å². The van der Waals surface area contributed by atoms with Crippen LogP contribution in [0.5, 0.6) is 0 Å². The number of primary amides is 1. The number of hydrazine groups is 1. The molecular weight excluding hydrogens is 1040 g/mol. The van der Waals surface area contributed by atoms with Crippen LogP contribution in [0.1, 0.15) is 45.4 Å². The van der Waals surface area contributed by atoms with Gasteiger partial charge in [-0.05, 0) is 92.6 Å². The molecule has 1 aromatic heterocycles. The Balaban J connectivity index is 2.30. The monoisotopic (exact) mass is 1080 g/mol. The van der Waals surface area contributed by atoms with Crippen LogP contribution in [0.3, 0.4) is 0 Å². The van der Waals surface area contributed by atoms with Crippen molar-refractivity contribution >= 4 is 54.4 Å². The van der Waals surface area contributed by atoms with Gasteiger partial charge in [-0.2, -0.15) is 40.2 Å². The number of hydrogen-bond acceptors (Lipinski definition) is 10. The number of carbonyl (C=O) groups is 4. The second-order valence-electron chi connectivity index (χ2n) is 15.1. The molecule has 0 fully saturated rings. The van der Waals surface area contributed by atoms with Crippen LogP contribution in [-0.2, 0) is 41.1 Å². The van der Waals surface area contributed by atoms with Crippen molar-refractivity contribution in [1.82, 2.24) is 30.8 Å². The Labute approximate surface area is 376 Å². The van der Waals surface area contributed by atoms with Gasteiger partial charge in [0, 0.05) is 34.0 Å². The molecule has 0 saturated heterocycles. The zero-order valence-corrected chi connectivity index (χ0v) is 37.4. The Morgan fingerprint density at radius 2 is 1.46 bits per heavy atom. The second-order valence-corrected chi connectivity index (χ2v) is 17.6. The third-order valence-corrected chi connectivity index (χ3v) is 11.0. The van der Waals surface area contributed by atoms with E-state index in [9.17, 15) is 68.7 Å². The number of phosphoric acid groups is 1. The third kappa shape index (κ3) is 14.6. The molecule has 65 heavy (non-hydrogen) atoms. The Morgan fingerprint density at radius 1 is 0.908 bits per heavy atom. The minimum absolute atomic E-state index is 0.149. The first-order valence-electron chi connectivity index (χ1n) is 18.3. The average Bonchev–Trinajstić information content (AvgIpc) is 3.67. The van der Waals surface area contributed by atoms with E-state index in [4.69, 9.17) is 10.3 Å². The van der Waals surface area contributed by atoms with Crippen molar-refractivity contribution in [3.8, 4) is 11.3 Å². The number of hydrogen-bond donors (Lipinski definition) is 6. The van der Waals surface area contributed by atoms with Crippen LogP contribution in [-0.4, -0.2) is 98.9 Å². The molecule has 17 nitrogen and oxygen atoms in total. The molecule has 2 aromatic carbocycles. The van der Waals surface area contributed by atoms with Crippen LogP contribution in [0.25, 0.3) is 11.3 Å². The number of ether oxygens (including phenoxy) is 2. The van der Waals surface area contributed by atoms with Gasteiger partial charge >= 0.3 is 38.9 Å². The Hall–Kier alpha value is -4.77. The molecule has 0 spiro atoms. The molecule has 4 amide bonds. The molecule has 1 heterocycles. The number of methoxy groups -OCH3 is 1. The minimum atomic E-state index is -5.88. The minimum Gasteiger partial charge on any atom is -0.453 e. The number of nitrogens with zero attached hydrogens (tertiary/aromatic N) is 3. The zero-order valence-electron chi connectivity index (χ0n) is 34.3. The SMILES string of the molecule is COC(=O)N[C@H](C(=O)NN(Cc1c(F)cc(-c2ccn(C(F)F)n2)cc1F)C[C@H](OP(=O)(O)O)[C@H](Cc1ccc(I)cc1)NC(=O)[C@@H](OC(N)=O)C(C)(C)C(F)(F)F)C(C)(C)C(F)(F)F.